The van der Waals surface area contributed by atoms with E-state index in [2.05, 4.69) is 9.71 Å². The summed E-state index contributed by atoms with van der Waals surface area (Å²) in [5.41, 5.74) is 2.39. The van der Waals surface area contributed by atoms with Crippen molar-refractivity contribution in [3.8, 4) is 5.75 Å². The van der Waals surface area contributed by atoms with Crippen LogP contribution in [0.25, 0.3) is 0 Å². The fraction of sp³-hybridized carbons (Fsp3) is 0.0500. The van der Waals surface area contributed by atoms with E-state index in [4.69, 9.17) is 0 Å². The van der Waals surface area contributed by atoms with Crippen LogP contribution >= 0.6 is 0 Å². The number of para-hydroxylation sites is 3. The van der Waals surface area contributed by atoms with E-state index in [1.54, 1.807) is 72.8 Å². The highest BCUT2D eigenvalue weighted by molar-refractivity contribution is 7.92. The van der Waals surface area contributed by atoms with E-state index in [9.17, 15) is 13.5 Å². The third kappa shape index (κ3) is 4.10. The number of nitrogens with one attached hydrogen (secondary N) is 1. The number of aliphatic imine (C=N–C) groups is 1. The van der Waals surface area contributed by atoms with Crippen molar-refractivity contribution < 1.29 is 13.5 Å². The molecule has 6 heteroatoms. The number of aromatic hydroxyl groups is 1. The van der Waals surface area contributed by atoms with Gasteiger partial charge in [0, 0.05) is 11.8 Å². The lowest BCUT2D eigenvalue weighted by atomic mass is 10.2. The minimum absolute atomic E-state index is 0.0569. The molecular formula is C20H18N2O3S. The van der Waals surface area contributed by atoms with Gasteiger partial charge in [-0.3, -0.25) is 9.71 Å². The SMILES string of the molecule is Cc1ccc(S(=O)(=O)Nc2ccccc2C=Nc2ccccc2O)cc1. The Bertz CT molecular complexity index is 1040. The smallest absolute Gasteiger partial charge is 0.261 e. The molecular weight excluding hydrogens is 348 g/mol. The molecule has 0 bridgehead atoms. The second-order valence-corrected chi connectivity index (χ2v) is 7.44. The van der Waals surface area contributed by atoms with E-state index in [1.165, 1.54) is 6.21 Å². The van der Waals surface area contributed by atoms with Gasteiger partial charge in [0.1, 0.15) is 11.4 Å². The number of sulfonamides is 1. The Morgan fingerprint density at radius 3 is 2.31 bits per heavy atom. The summed E-state index contributed by atoms with van der Waals surface area (Å²) in [5.74, 6) is 0.0569. The zero-order valence-corrected chi connectivity index (χ0v) is 14.9. The number of hydrogen-bond acceptors (Lipinski definition) is 4. The Kier molecular flexibility index (Phi) is 5.04. The van der Waals surface area contributed by atoms with Crippen LogP contribution in [0.3, 0.4) is 0 Å². The highest BCUT2D eigenvalue weighted by atomic mass is 32.2. The van der Waals surface area contributed by atoms with Gasteiger partial charge in [0.05, 0.1) is 10.6 Å². The lowest BCUT2D eigenvalue weighted by molar-refractivity contribution is 0.477. The fourth-order valence-corrected chi connectivity index (χ4v) is 3.42. The number of hydrogen-bond donors (Lipinski definition) is 2. The predicted octanol–water partition coefficient (Wildman–Crippen LogP) is 4.25. The molecule has 3 aromatic carbocycles. The summed E-state index contributed by atoms with van der Waals surface area (Å²) in [6.07, 6.45) is 1.52. The molecule has 3 rings (SSSR count). The molecule has 0 spiro atoms. The van der Waals surface area contributed by atoms with Gasteiger partial charge in [0.15, 0.2) is 0 Å². The van der Waals surface area contributed by atoms with E-state index >= 15 is 0 Å². The van der Waals surface area contributed by atoms with Crippen molar-refractivity contribution in [2.75, 3.05) is 4.72 Å². The summed E-state index contributed by atoms with van der Waals surface area (Å²) in [6.45, 7) is 1.90. The van der Waals surface area contributed by atoms with Crippen molar-refractivity contribution in [2.24, 2.45) is 4.99 Å². The Labute approximate surface area is 152 Å². The van der Waals surface area contributed by atoms with Crippen LogP contribution in [0.4, 0.5) is 11.4 Å². The van der Waals surface area contributed by atoms with E-state index < -0.39 is 10.0 Å². The molecule has 132 valence electrons. The quantitative estimate of drug-likeness (QED) is 0.663. The summed E-state index contributed by atoms with van der Waals surface area (Å²) < 4.78 is 27.8. The van der Waals surface area contributed by atoms with Gasteiger partial charge in [-0.1, -0.05) is 48.0 Å². The van der Waals surface area contributed by atoms with Crippen LogP contribution in [0.1, 0.15) is 11.1 Å². The number of benzene rings is 3. The minimum atomic E-state index is -3.70. The minimum Gasteiger partial charge on any atom is -0.506 e. The third-order valence-electron chi connectivity index (χ3n) is 3.76. The molecule has 2 N–H and O–H groups in total. The lowest BCUT2D eigenvalue weighted by Gasteiger charge is -2.10. The fourth-order valence-electron chi connectivity index (χ4n) is 2.34. The van der Waals surface area contributed by atoms with Gasteiger partial charge >= 0.3 is 0 Å². The van der Waals surface area contributed by atoms with E-state index in [1.807, 2.05) is 6.92 Å². The van der Waals surface area contributed by atoms with Crippen LogP contribution in [0, 0.1) is 6.92 Å². The van der Waals surface area contributed by atoms with Crippen LogP contribution in [0.2, 0.25) is 0 Å². The zero-order valence-electron chi connectivity index (χ0n) is 14.1. The molecule has 0 amide bonds. The Morgan fingerprint density at radius 1 is 0.923 bits per heavy atom. The Hall–Kier alpha value is -3.12. The van der Waals surface area contributed by atoms with E-state index in [0.29, 0.717) is 16.9 Å². The Balaban J connectivity index is 1.90. The normalized spacial score (nSPS) is 11.6. The highest BCUT2D eigenvalue weighted by Crippen LogP contribution is 2.26. The van der Waals surface area contributed by atoms with Gasteiger partial charge in [-0.25, -0.2) is 8.42 Å². The molecule has 0 unspecified atom stereocenters. The maximum Gasteiger partial charge on any atom is 0.261 e. The standard InChI is InChI=1S/C20H18N2O3S/c1-15-10-12-17(13-11-15)26(24,25)22-18-7-3-2-6-16(18)14-21-19-8-4-5-9-20(19)23/h2-14,22-23H,1H3. The van der Waals surface area contributed by atoms with Crippen LogP contribution in [0.15, 0.2) is 82.7 Å². The van der Waals surface area contributed by atoms with Gasteiger partial charge in [-0.05, 0) is 37.3 Å². The molecule has 26 heavy (non-hydrogen) atoms. The average Bonchev–Trinajstić information content (AvgIpc) is 2.62. The molecule has 0 saturated carbocycles. The monoisotopic (exact) mass is 366 g/mol. The summed E-state index contributed by atoms with van der Waals surface area (Å²) in [4.78, 5) is 4.43. The number of phenols is 1. The van der Waals surface area contributed by atoms with Gasteiger partial charge in [-0.2, -0.15) is 0 Å². The zero-order chi connectivity index (χ0) is 18.6. The van der Waals surface area contributed by atoms with Crippen LogP contribution in [0.5, 0.6) is 5.75 Å². The maximum absolute atomic E-state index is 12.6. The first-order valence-electron chi connectivity index (χ1n) is 7.96. The number of phenolic OH excluding ortho intramolecular Hbond substituents is 1. The summed E-state index contributed by atoms with van der Waals surface area (Å²) >= 11 is 0. The summed E-state index contributed by atoms with van der Waals surface area (Å²) in [6, 6.07) is 20.3. The summed E-state index contributed by atoms with van der Waals surface area (Å²) in [5, 5.41) is 9.79. The molecule has 0 fully saturated rings. The average molecular weight is 366 g/mol. The van der Waals surface area contributed by atoms with Crippen molar-refractivity contribution in [1.29, 1.82) is 0 Å². The number of nitrogens with zero attached hydrogens (tertiary/aromatic N) is 1. The van der Waals surface area contributed by atoms with Gasteiger partial charge in [-0.15, -0.1) is 0 Å². The molecule has 0 aliphatic carbocycles. The molecule has 0 aromatic heterocycles. The topological polar surface area (TPSA) is 78.8 Å². The Morgan fingerprint density at radius 2 is 1.58 bits per heavy atom. The van der Waals surface area contributed by atoms with Crippen molar-refractivity contribution in [3.05, 3.63) is 83.9 Å². The van der Waals surface area contributed by atoms with Crippen molar-refractivity contribution in [3.63, 3.8) is 0 Å². The van der Waals surface area contributed by atoms with E-state index in [0.717, 1.165) is 5.56 Å². The number of aryl methyl sites for hydroxylation is 1. The highest BCUT2D eigenvalue weighted by Gasteiger charge is 2.15. The molecule has 0 heterocycles. The first-order chi connectivity index (χ1) is 12.5. The van der Waals surface area contributed by atoms with E-state index in [-0.39, 0.29) is 10.6 Å². The van der Waals surface area contributed by atoms with Crippen molar-refractivity contribution >= 4 is 27.6 Å². The van der Waals surface area contributed by atoms with Crippen LogP contribution < -0.4 is 4.72 Å². The molecule has 5 nitrogen and oxygen atoms in total. The molecule has 3 aromatic rings. The first kappa shape index (κ1) is 17.7. The van der Waals surface area contributed by atoms with Crippen molar-refractivity contribution in [2.45, 2.75) is 11.8 Å². The molecule has 0 saturated heterocycles. The predicted molar refractivity (Wildman–Crippen MR) is 104 cm³/mol. The molecule has 0 atom stereocenters. The molecule has 0 aliphatic rings. The largest absolute Gasteiger partial charge is 0.506 e. The molecule has 0 aliphatic heterocycles. The van der Waals surface area contributed by atoms with Gasteiger partial charge < -0.3 is 5.11 Å². The third-order valence-corrected chi connectivity index (χ3v) is 5.14. The van der Waals surface area contributed by atoms with Gasteiger partial charge in [0.2, 0.25) is 0 Å². The lowest BCUT2D eigenvalue weighted by Crippen LogP contribution is -2.14. The first-order valence-corrected chi connectivity index (χ1v) is 9.44. The van der Waals surface area contributed by atoms with Gasteiger partial charge in [0.25, 0.3) is 10.0 Å². The second-order valence-electron chi connectivity index (χ2n) is 5.75. The maximum atomic E-state index is 12.6. The van der Waals surface area contributed by atoms with Crippen LogP contribution in [-0.2, 0) is 10.0 Å². The number of rotatable bonds is 5. The van der Waals surface area contributed by atoms with Crippen molar-refractivity contribution in [1.82, 2.24) is 0 Å². The molecule has 0 radical (unpaired) electrons. The second kappa shape index (κ2) is 7.41. The van der Waals surface area contributed by atoms with Crippen LogP contribution in [-0.4, -0.2) is 19.7 Å². The summed E-state index contributed by atoms with van der Waals surface area (Å²) in [7, 11) is -3.70. The number of anilines is 1.